The van der Waals surface area contributed by atoms with E-state index in [9.17, 15) is 9.59 Å². The highest BCUT2D eigenvalue weighted by Gasteiger charge is 2.35. The zero-order valence-corrected chi connectivity index (χ0v) is 14.9. The predicted octanol–water partition coefficient (Wildman–Crippen LogP) is 2.94. The second-order valence-electron chi connectivity index (χ2n) is 7.02. The van der Waals surface area contributed by atoms with Gasteiger partial charge >= 0.3 is 0 Å². The Hall–Kier alpha value is -1.43. The first-order valence-electron chi connectivity index (χ1n) is 7.70. The highest BCUT2D eigenvalue weighted by molar-refractivity contribution is 7.13. The molecule has 6 heteroatoms. The van der Waals surface area contributed by atoms with Crippen LogP contribution in [-0.2, 0) is 4.79 Å². The third-order valence-corrected chi connectivity index (χ3v) is 4.92. The van der Waals surface area contributed by atoms with Gasteiger partial charge in [-0.25, -0.2) is 4.98 Å². The van der Waals surface area contributed by atoms with Crippen LogP contribution in [0.15, 0.2) is 6.20 Å². The molecule has 1 fully saturated rings. The Balaban J connectivity index is 2.25. The summed E-state index contributed by atoms with van der Waals surface area (Å²) in [4.78, 5) is 33.3. The molecule has 1 aliphatic rings. The SMILES string of the molecule is CN(C)C(=O)c1cnc(C2CCCCN2C(=O)C(C)(C)C)s1. The normalized spacial score (nSPS) is 19.1. The molecule has 0 N–H and O–H groups in total. The summed E-state index contributed by atoms with van der Waals surface area (Å²) in [5.41, 5.74) is -0.394. The van der Waals surface area contributed by atoms with Crippen molar-refractivity contribution in [3.05, 3.63) is 16.1 Å². The van der Waals surface area contributed by atoms with Crippen LogP contribution in [0.5, 0.6) is 0 Å². The number of rotatable bonds is 2. The molecule has 1 unspecified atom stereocenters. The van der Waals surface area contributed by atoms with Crippen LogP contribution in [0.1, 0.15) is 60.8 Å². The van der Waals surface area contributed by atoms with Crippen molar-refractivity contribution in [3.8, 4) is 0 Å². The third-order valence-electron chi connectivity index (χ3n) is 3.83. The van der Waals surface area contributed by atoms with Crippen LogP contribution in [0.25, 0.3) is 0 Å². The second kappa shape index (κ2) is 6.36. The van der Waals surface area contributed by atoms with Crippen molar-refractivity contribution in [2.24, 2.45) is 5.41 Å². The van der Waals surface area contributed by atoms with Crippen molar-refractivity contribution in [2.45, 2.75) is 46.1 Å². The highest BCUT2D eigenvalue weighted by Crippen LogP contribution is 2.36. The lowest BCUT2D eigenvalue weighted by Crippen LogP contribution is -2.44. The first-order valence-corrected chi connectivity index (χ1v) is 8.52. The minimum atomic E-state index is -0.394. The largest absolute Gasteiger partial charge is 0.344 e. The lowest BCUT2D eigenvalue weighted by molar-refractivity contribution is -0.143. The summed E-state index contributed by atoms with van der Waals surface area (Å²) in [7, 11) is 3.47. The van der Waals surface area contributed by atoms with E-state index in [-0.39, 0.29) is 17.9 Å². The van der Waals surface area contributed by atoms with Crippen molar-refractivity contribution >= 4 is 23.2 Å². The molecule has 1 saturated heterocycles. The van der Waals surface area contributed by atoms with Gasteiger partial charge in [0.1, 0.15) is 9.88 Å². The van der Waals surface area contributed by atoms with E-state index in [1.54, 1.807) is 25.2 Å². The van der Waals surface area contributed by atoms with E-state index in [1.165, 1.54) is 11.3 Å². The Labute approximate surface area is 136 Å². The molecule has 5 nitrogen and oxygen atoms in total. The van der Waals surface area contributed by atoms with E-state index in [0.29, 0.717) is 4.88 Å². The fourth-order valence-corrected chi connectivity index (χ4v) is 3.71. The summed E-state index contributed by atoms with van der Waals surface area (Å²) in [5.74, 6) is 0.126. The van der Waals surface area contributed by atoms with Crippen molar-refractivity contribution < 1.29 is 9.59 Å². The molecule has 2 amide bonds. The number of aromatic nitrogens is 1. The quantitative estimate of drug-likeness (QED) is 0.841. The Morgan fingerprint density at radius 3 is 2.59 bits per heavy atom. The lowest BCUT2D eigenvalue weighted by atomic mass is 9.91. The van der Waals surface area contributed by atoms with Crippen LogP contribution in [-0.4, -0.2) is 47.2 Å². The van der Waals surface area contributed by atoms with Gasteiger partial charge in [-0.1, -0.05) is 20.8 Å². The summed E-state index contributed by atoms with van der Waals surface area (Å²) >= 11 is 1.41. The topological polar surface area (TPSA) is 53.5 Å². The number of thiazole rings is 1. The predicted molar refractivity (Wildman–Crippen MR) is 87.9 cm³/mol. The van der Waals surface area contributed by atoms with Gasteiger partial charge in [0.05, 0.1) is 12.2 Å². The average molecular weight is 323 g/mol. The van der Waals surface area contributed by atoms with Crippen LogP contribution in [0.2, 0.25) is 0 Å². The second-order valence-corrected chi connectivity index (χ2v) is 8.08. The first kappa shape index (κ1) is 16.9. The van der Waals surface area contributed by atoms with E-state index < -0.39 is 5.41 Å². The number of hydrogen-bond acceptors (Lipinski definition) is 4. The maximum absolute atomic E-state index is 12.7. The molecule has 0 radical (unpaired) electrons. The van der Waals surface area contributed by atoms with Crippen LogP contribution in [0, 0.1) is 5.41 Å². The van der Waals surface area contributed by atoms with E-state index in [4.69, 9.17) is 0 Å². The number of carbonyl (C=O) groups excluding carboxylic acids is 2. The Morgan fingerprint density at radius 1 is 1.32 bits per heavy atom. The Bertz CT molecular complexity index is 560. The smallest absolute Gasteiger partial charge is 0.265 e. The Morgan fingerprint density at radius 2 is 2.00 bits per heavy atom. The molecule has 0 aromatic carbocycles. The molecule has 2 rings (SSSR count). The molecule has 0 bridgehead atoms. The van der Waals surface area contributed by atoms with Crippen molar-refractivity contribution in [1.82, 2.24) is 14.8 Å². The molecule has 0 saturated carbocycles. The fourth-order valence-electron chi connectivity index (χ4n) is 2.62. The Kier molecular flexibility index (Phi) is 4.90. The molecular weight excluding hydrogens is 298 g/mol. The maximum Gasteiger partial charge on any atom is 0.265 e. The first-order chi connectivity index (χ1) is 10.2. The maximum atomic E-state index is 12.7. The van der Waals surface area contributed by atoms with Crippen molar-refractivity contribution in [1.29, 1.82) is 0 Å². The summed E-state index contributed by atoms with van der Waals surface area (Å²) in [6, 6.07) is 0.00851. The van der Waals surface area contributed by atoms with E-state index in [1.807, 2.05) is 25.7 Å². The molecule has 122 valence electrons. The van der Waals surface area contributed by atoms with E-state index in [2.05, 4.69) is 4.98 Å². The number of hydrogen-bond donors (Lipinski definition) is 0. The molecule has 1 aromatic rings. The molecule has 1 atom stereocenters. The molecule has 1 aromatic heterocycles. The number of likely N-dealkylation sites (tertiary alicyclic amines) is 1. The molecular formula is C16H25N3O2S. The van der Waals surface area contributed by atoms with Crippen LogP contribution < -0.4 is 0 Å². The zero-order valence-electron chi connectivity index (χ0n) is 14.0. The number of piperidine rings is 1. The summed E-state index contributed by atoms with van der Waals surface area (Å²) < 4.78 is 0. The van der Waals surface area contributed by atoms with Gasteiger partial charge in [0.25, 0.3) is 5.91 Å². The number of nitrogens with zero attached hydrogens (tertiary/aromatic N) is 3. The molecule has 22 heavy (non-hydrogen) atoms. The van der Waals surface area contributed by atoms with Gasteiger partial charge in [0.2, 0.25) is 5.91 Å². The van der Waals surface area contributed by atoms with Crippen LogP contribution >= 0.6 is 11.3 Å². The standard InChI is InChI=1S/C16H25N3O2S/c1-16(2,3)15(21)19-9-7-6-8-11(19)13-17-10-12(22-13)14(20)18(4)5/h10-11H,6-9H2,1-5H3. The monoisotopic (exact) mass is 323 g/mol. The minimum absolute atomic E-state index is 0.00851. The van der Waals surface area contributed by atoms with Gasteiger partial charge in [-0.3, -0.25) is 9.59 Å². The minimum Gasteiger partial charge on any atom is -0.344 e. The number of amides is 2. The average Bonchev–Trinajstić information content (AvgIpc) is 2.94. The van der Waals surface area contributed by atoms with Gasteiger partial charge < -0.3 is 9.80 Å². The molecule has 2 heterocycles. The van der Waals surface area contributed by atoms with Crippen LogP contribution in [0.4, 0.5) is 0 Å². The summed E-state index contributed by atoms with van der Waals surface area (Å²) in [6.45, 7) is 6.62. The molecule has 1 aliphatic heterocycles. The molecule has 0 spiro atoms. The van der Waals surface area contributed by atoms with Gasteiger partial charge in [-0.15, -0.1) is 11.3 Å². The van der Waals surface area contributed by atoms with Gasteiger partial charge in [0, 0.05) is 26.1 Å². The summed E-state index contributed by atoms with van der Waals surface area (Å²) in [6.07, 6.45) is 4.68. The zero-order chi connectivity index (χ0) is 16.5. The number of carbonyl (C=O) groups is 2. The fraction of sp³-hybridized carbons (Fsp3) is 0.688. The van der Waals surface area contributed by atoms with Crippen molar-refractivity contribution in [3.63, 3.8) is 0 Å². The van der Waals surface area contributed by atoms with Crippen LogP contribution in [0.3, 0.4) is 0 Å². The summed E-state index contributed by atoms with van der Waals surface area (Å²) in [5, 5.41) is 0.877. The van der Waals surface area contributed by atoms with Gasteiger partial charge in [-0.05, 0) is 19.3 Å². The van der Waals surface area contributed by atoms with Gasteiger partial charge in [0.15, 0.2) is 0 Å². The van der Waals surface area contributed by atoms with E-state index >= 15 is 0 Å². The molecule has 0 aliphatic carbocycles. The van der Waals surface area contributed by atoms with Crippen molar-refractivity contribution in [2.75, 3.05) is 20.6 Å². The van der Waals surface area contributed by atoms with E-state index in [0.717, 1.165) is 30.8 Å². The third kappa shape index (κ3) is 3.48. The van der Waals surface area contributed by atoms with Gasteiger partial charge in [-0.2, -0.15) is 0 Å². The highest BCUT2D eigenvalue weighted by atomic mass is 32.1. The lowest BCUT2D eigenvalue weighted by Gasteiger charge is -2.38.